The van der Waals surface area contributed by atoms with Crippen molar-refractivity contribution in [1.29, 1.82) is 0 Å². The average molecular weight is 325 g/mol. The molecule has 0 aliphatic carbocycles. The number of hydrogen-bond acceptors (Lipinski definition) is 4. The molecule has 3 aromatic rings. The van der Waals surface area contributed by atoms with Gasteiger partial charge in [-0.2, -0.15) is 0 Å². The van der Waals surface area contributed by atoms with Crippen molar-refractivity contribution in [3.63, 3.8) is 0 Å². The van der Waals surface area contributed by atoms with Gasteiger partial charge in [0.25, 0.3) is 5.91 Å². The summed E-state index contributed by atoms with van der Waals surface area (Å²) in [6.07, 6.45) is 1.57. The maximum atomic E-state index is 12.0. The highest BCUT2D eigenvalue weighted by Crippen LogP contribution is 2.18. The van der Waals surface area contributed by atoms with Gasteiger partial charge in [0.1, 0.15) is 23.9 Å². The van der Waals surface area contributed by atoms with Crippen molar-refractivity contribution in [3.8, 4) is 5.75 Å². The highest BCUT2D eigenvalue weighted by molar-refractivity contribution is 5.91. The van der Waals surface area contributed by atoms with Crippen LogP contribution in [0.25, 0.3) is 0 Å². The number of amides is 1. The average Bonchev–Trinajstić information content (AvgIpc) is 3.21. The zero-order chi connectivity index (χ0) is 16.9. The van der Waals surface area contributed by atoms with Gasteiger partial charge >= 0.3 is 0 Å². The lowest BCUT2D eigenvalue weighted by atomic mass is 10.1. The van der Waals surface area contributed by atoms with E-state index in [-0.39, 0.29) is 18.3 Å². The third-order valence-corrected chi connectivity index (χ3v) is 3.47. The number of carbonyl (C=O) groups excluding carboxylic acids is 1. The molecular weight excluding hydrogens is 306 g/mol. The first-order chi connectivity index (χ1) is 11.6. The Morgan fingerprint density at radius 2 is 1.88 bits per heavy atom. The molecule has 124 valence electrons. The molecule has 24 heavy (non-hydrogen) atoms. The van der Waals surface area contributed by atoms with Gasteiger partial charge in [0.15, 0.2) is 5.76 Å². The molecule has 1 amide bonds. The quantitative estimate of drug-likeness (QED) is 0.744. The zero-order valence-electron chi connectivity index (χ0n) is 13.7. The maximum absolute atomic E-state index is 12.0. The van der Waals surface area contributed by atoms with E-state index in [0.717, 1.165) is 16.9 Å². The summed E-state index contributed by atoms with van der Waals surface area (Å²) in [6.45, 7) is 4.64. The van der Waals surface area contributed by atoms with Gasteiger partial charge in [-0.15, -0.1) is 0 Å². The number of furan rings is 2. The van der Waals surface area contributed by atoms with E-state index in [4.69, 9.17) is 13.6 Å². The topological polar surface area (TPSA) is 64.6 Å². The number of rotatable bonds is 6. The summed E-state index contributed by atoms with van der Waals surface area (Å²) >= 11 is 0. The normalized spacial score (nSPS) is 10.6. The summed E-state index contributed by atoms with van der Waals surface area (Å²) in [5, 5.41) is 2.74. The van der Waals surface area contributed by atoms with Gasteiger partial charge in [0.2, 0.25) is 0 Å². The third kappa shape index (κ3) is 4.07. The van der Waals surface area contributed by atoms with Gasteiger partial charge in [-0.3, -0.25) is 4.79 Å². The number of nitrogens with one attached hydrogen (secondary N) is 1. The second-order valence-corrected chi connectivity index (χ2v) is 5.64. The highest BCUT2D eigenvalue weighted by atomic mass is 16.5. The van der Waals surface area contributed by atoms with E-state index in [9.17, 15) is 4.79 Å². The Hall–Kier alpha value is -2.95. The largest absolute Gasteiger partial charge is 0.486 e. The minimum Gasteiger partial charge on any atom is -0.486 e. The van der Waals surface area contributed by atoms with E-state index in [1.165, 1.54) is 0 Å². The third-order valence-electron chi connectivity index (χ3n) is 3.47. The molecule has 0 radical (unpaired) electrons. The Labute approximate surface area is 140 Å². The number of benzene rings is 1. The molecule has 2 aromatic heterocycles. The molecule has 0 bridgehead atoms. The van der Waals surface area contributed by atoms with E-state index >= 15 is 0 Å². The predicted molar refractivity (Wildman–Crippen MR) is 88.8 cm³/mol. The summed E-state index contributed by atoms with van der Waals surface area (Å²) in [4.78, 5) is 12.0. The van der Waals surface area contributed by atoms with Crippen molar-refractivity contribution in [3.05, 3.63) is 77.1 Å². The second kappa shape index (κ2) is 7.08. The van der Waals surface area contributed by atoms with Crippen LogP contribution in [0.2, 0.25) is 0 Å². The highest BCUT2D eigenvalue weighted by Gasteiger charge is 2.12. The summed E-state index contributed by atoms with van der Waals surface area (Å²) in [7, 11) is 0. The summed E-state index contributed by atoms with van der Waals surface area (Å²) in [6, 6.07) is 13.0. The van der Waals surface area contributed by atoms with Gasteiger partial charge in [0, 0.05) is 0 Å². The number of carbonyl (C=O) groups is 1. The molecule has 0 unspecified atom stereocenters. The lowest BCUT2D eigenvalue weighted by Gasteiger charge is -2.06. The lowest BCUT2D eigenvalue weighted by molar-refractivity contribution is 0.0916. The Morgan fingerprint density at radius 1 is 1.08 bits per heavy atom. The zero-order valence-corrected chi connectivity index (χ0v) is 13.7. The second-order valence-electron chi connectivity index (χ2n) is 5.64. The molecule has 5 nitrogen and oxygen atoms in total. The fraction of sp³-hybridized carbons (Fsp3) is 0.211. The van der Waals surface area contributed by atoms with Gasteiger partial charge in [0.05, 0.1) is 12.8 Å². The van der Waals surface area contributed by atoms with E-state index in [1.54, 1.807) is 30.5 Å². The van der Waals surface area contributed by atoms with Crippen LogP contribution < -0.4 is 10.1 Å². The first kappa shape index (κ1) is 15.9. The Kier molecular flexibility index (Phi) is 4.70. The van der Waals surface area contributed by atoms with Gasteiger partial charge in [-0.1, -0.05) is 6.07 Å². The van der Waals surface area contributed by atoms with Crippen LogP contribution in [0.4, 0.5) is 0 Å². The first-order valence-electron chi connectivity index (χ1n) is 7.70. The molecule has 0 atom stereocenters. The van der Waals surface area contributed by atoms with Crippen LogP contribution in [-0.2, 0) is 13.2 Å². The smallest absolute Gasteiger partial charge is 0.287 e. The maximum Gasteiger partial charge on any atom is 0.287 e. The summed E-state index contributed by atoms with van der Waals surface area (Å²) in [5.41, 5.74) is 2.28. The van der Waals surface area contributed by atoms with Crippen LogP contribution in [0.3, 0.4) is 0 Å². The standard InChI is InChI=1S/C19H19NO4/c1-13-8-14(2)10-17(9-13)23-12-16-5-6-18(24-16)19(21)20-11-15-4-3-7-22-15/h3-10H,11-12H2,1-2H3,(H,20,21). The SMILES string of the molecule is Cc1cc(C)cc(OCc2ccc(C(=O)NCc3ccco3)o2)c1. The minimum atomic E-state index is -0.288. The van der Waals surface area contributed by atoms with Crippen molar-refractivity contribution in [2.75, 3.05) is 0 Å². The Morgan fingerprint density at radius 3 is 2.58 bits per heavy atom. The monoisotopic (exact) mass is 325 g/mol. The van der Waals surface area contributed by atoms with E-state index in [2.05, 4.69) is 11.4 Å². The molecule has 0 aliphatic rings. The molecular formula is C19H19NO4. The first-order valence-corrected chi connectivity index (χ1v) is 7.70. The van der Waals surface area contributed by atoms with Crippen LogP contribution in [0.15, 0.2) is 57.6 Å². The molecule has 3 rings (SSSR count). The molecule has 0 spiro atoms. The van der Waals surface area contributed by atoms with Crippen molar-refractivity contribution < 1.29 is 18.4 Å². The minimum absolute atomic E-state index is 0.251. The van der Waals surface area contributed by atoms with Gasteiger partial charge < -0.3 is 18.9 Å². The van der Waals surface area contributed by atoms with Crippen LogP contribution in [0.1, 0.15) is 33.2 Å². The van der Waals surface area contributed by atoms with Crippen LogP contribution in [0.5, 0.6) is 5.75 Å². The fourth-order valence-corrected chi connectivity index (χ4v) is 2.42. The van der Waals surface area contributed by atoms with E-state index in [1.807, 2.05) is 26.0 Å². The molecule has 2 heterocycles. The number of hydrogen-bond donors (Lipinski definition) is 1. The lowest BCUT2D eigenvalue weighted by Crippen LogP contribution is -2.21. The molecule has 5 heteroatoms. The molecule has 0 saturated heterocycles. The Bertz CT molecular complexity index is 798. The van der Waals surface area contributed by atoms with Crippen molar-refractivity contribution >= 4 is 5.91 Å². The van der Waals surface area contributed by atoms with Crippen molar-refractivity contribution in [2.24, 2.45) is 0 Å². The molecule has 0 aliphatic heterocycles. The molecule has 0 fully saturated rings. The van der Waals surface area contributed by atoms with Crippen molar-refractivity contribution in [2.45, 2.75) is 27.0 Å². The Balaban J connectivity index is 1.55. The van der Waals surface area contributed by atoms with Crippen LogP contribution in [-0.4, -0.2) is 5.91 Å². The van der Waals surface area contributed by atoms with E-state index < -0.39 is 0 Å². The van der Waals surface area contributed by atoms with E-state index in [0.29, 0.717) is 18.1 Å². The molecule has 1 N–H and O–H groups in total. The summed E-state index contributed by atoms with van der Waals surface area (Å²) < 4.78 is 16.4. The van der Waals surface area contributed by atoms with Gasteiger partial charge in [-0.05, 0) is 61.4 Å². The molecule has 1 aromatic carbocycles. The fourth-order valence-electron chi connectivity index (χ4n) is 2.42. The van der Waals surface area contributed by atoms with Gasteiger partial charge in [-0.25, -0.2) is 0 Å². The number of ether oxygens (including phenoxy) is 1. The van der Waals surface area contributed by atoms with Crippen LogP contribution >= 0.6 is 0 Å². The van der Waals surface area contributed by atoms with Crippen LogP contribution in [0, 0.1) is 13.8 Å². The summed E-state index contributed by atoms with van der Waals surface area (Å²) in [5.74, 6) is 2.03. The number of aryl methyl sites for hydroxylation is 2. The molecule has 0 saturated carbocycles. The predicted octanol–water partition coefficient (Wildman–Crippen LogP) is 4.00. The van der Waals surface area contributed by atoms with Crippen molar-refractivity contribution in [1.82, 2.24) is 5.32 Å².